The van der Waals surface area contributed by atoms with E-state index in [-0.39, 0.29) is 17.1 Å². The maximum Gasteiger partial charge on any atom is 0.408 e. The first-order valence-corrected chi connectivity index (χ1v) is 6.84. The van der Waals surface area contributed by atoms with Crippen molar-refractivity contribution in [1.29, 1.82) is 0 Å². The Labute approximate surface area is 119 Å². The molecule has 2 aromatic heterocycles. The summed E-state index contributed by atoms with van der Waals surface area (Å²) >= 11 is 0. The topological polar surface area (TPSA) is 30.7 Å². The number of fused-ring (bicyclic) bond motifs is 1. The van der Waals surface area contributed by atoms with Gasteiger partial charge >= 0.3 is 6.18 Å². The van der Waals surface area contributed by atoms with Crippen LogP contribution in [0.5, 0.6) is 0 Å². The molecule has 1 aliphatic carbocycles. The molecule has 2 heterocycles. The summed E-state index contributed by atoms with van der Waals surface area (Å²) in [6.45, 7) is 2.80. The highest BCUT2D eigenvalue weighted by molar-refractivity contribution is 5.79. The summed E-state index contributed by atoms with van der Waals surface area (Å²) in [6, 6.07) is 0. The molecular weight excluding hydrogens is 286 g/mol. The Bertz CT molecular complexity index is 675. The lowest BCUT2D eigenvalue weighted by Gasteiger charge is -2.09. The molecular formula is C14H15F4N3. The third kappa shape index (κ3) is 2.61. The summed E-state index contributed by atoms with van der Waals surface area (Å²) in [5.74, 6) is 0.0986. The fourth-order valence-electron chi connectivity index (χ4n) is 2.87. The number of aromatic nitrogens is 3. The van der Waals surface area contributed by atoms with Crippen LogP contribution in [0.1, 0.15) is 31.9 Å². The van der Waals surface area contributed by atoms with Crippen molar-refractivity contribution in [2.24, 2.45) is 11.8 Å². The van der Waals surface area contributed by atoms with Crippen molar-refractivity contribution in [3.63, 3.8) is 0 Å². The largest absolute Gasteiger partial charge is 0.408 e. The summed E-state index contributed by atoms with van der Waals surface area (Å²) in [5, 5.41) is 3.93. The second-order valence-electron chi connectivity index (χ2n) is 5.93. The standard InChI is InChI=1S/C14H15F4N3/c1-7(2)9-3-10(9)12-11(15)13-8(4-19-12)5-20-21(13)6-14(16,17)18/h4-5,7,9-10H,3,6H2,1-2H3/t9-,10+/m0/s1. The van der Waals surface area contributed by atoms with Gasteiger partial charge in [-0.1, -0.05) is 13.8 Å². The van der Waals surface area contributed by atoms with Crippen LogP contribution in [0.2, 0.25) is 0 Å². The Morgan fingerprint density at radius 3 is 2.62 bits per heavy atom. The molecule has 0 bridgehead atoms. The van der Waals surface area contributed by atoms with Crippen LogP contribution < -0.4 is 0 Å². The molecule has 0 N–H and O–H groups in total. The van der Waals surface area contributed by atoms with Crippen LogP contribution in [-0.2, 0) is 6.54 Å². The number of alkyl halides is 3. The Kier molecular flexibility index (Phi) is 3.18. The number of nitrogens with zero attached hydrogens (tertiary/aromatic N) is 3. The second-order valence-corrected chi connectivity index (χ2v) is 5.93. The van der Waals surface area contributed by atoms with Crippen molar-refractivity contribution >= 4 is 10.9 Å². The first kappa shape index (κ1) is 14.3. The normalized spacial score (nSPS) is 22.2. The van der Waals surface area contributed by atoms with E-state index in [1.165, 1.54) is 12.4 Å². The SMILES string of the molecule is CC(C)[C@@H]1C[C@H]1c1ncc2cnn(CC(F)(F)F)c2c1F. The van der Waals surface area contributed by atoms with E-state index in [4.69, 9.17) is 0 Å². The van der Waals surface area contributed by atoms with Crippen molar-refractivity contribution in [1.82, 2.24) is 14.8 Å². The molecule has 1 aliphatic rings. The van der Waals surface area contributed by atoms with Gasteiger partial charge in [-0.25, -0.2) is 4.39 Å². The molecule has 3 rings (SSSR count). The number of pyridine rings is 1. The van der Waals surface area contributed by atoms with Gasteiger partial charge in [0.1, 0.15) is 12.1 Å². The van der Waals surface area contributed by atoms with E-state index in [2.05, 4.69) is 23.9 Å². The van der Waals surface area contributed by atoms with E-state index in [1.54, 1.807) is 0 Å². The lowest BCUT2D eigenvalue weighted by Crippen LogP contribution is -2.19. The smallest absolute Gasteiger partial charge is 0.257 e. The first-order valence-electron chi connectivity index (χ1n) is 6.84. The number of hydrogen-bond donors (Lipinski definition) is 0. The van der Waals surface area contributed by atoms with E-state index in [0.29, 0.717) is 21.9 Å². The van der Waals surface area contributed by atoms with Crippen LogP contribution in [0.4, 0.5) is 17.6 Å². The van der Waals surface area contributed by atoms with E-state index in [9.17, 15) is 17.6 Å². The molecule has 7 heteroatoms. The average molecular weight is 301 g/mol. The van der Waals surface area contributed by atoms with Crippen LogP contribution in [0.15, 0.2) is 12.4 Å². The number of halogens is 4. The molecule has 114 valence electrons. The van der Waals surface area contributed by atoms with Gasteiger partial charge in [-0.2, -0.15) is 18.3 Å². The Balaban J connectivity index is 2.02. The van der Waals surface area contributed by atoms with Gasteiger partial charge < -0.3 is 0 Å². The maximum absolute atomic E-state index is 14.6. The van der Waals surface area contributed by atoms with Crippen molar-refractivity contribution in [2.75, 3.05) is 0 Å². The predicted molar refractivity (Wildman–Crippen MR) is 69.2 cm³/mol. The van der Waals surface area contributed by atoms with Crippen LogP contribution in [0, 0.1) is 17.7 Å². The van der Waals surface area contributed by atoms with Gasteiger partial charge in [0.05, 0.1) is 11.9 Å². The summed E-state index contributed by atoms with van der Waals surface area (Å²) in [7, 11) is 0. The van der Waals surface area contributed by atoms with E-state index in [0.717, 1.165) is 6.42 Å². The third-order valence-electron chi connectivity index (χ3n) is 4.02. The minimum atomic E-state index is -4.44. The monoisotopic (exact) mass is 301 g/mol. The van der Waals surface area contributed by atoms with E-state index < -0.39 is 18.5 Å². The van der Waals surface area contributed by atoms with Gasteiger partial charge in [0.25, 0.3) is 0 Å². The van der Waals surface area contributed by atoms with Gasteiger partial charge in [-0.05, 0) is 18.3 Å². The van der Waals surface area contributed by atoms with Gasteiger partial charge in [-0.3, -0.25) is 9.67 Å². The minimum Gasteiger partial charge on any atom is -0.257 e. The molecule has 1 saturated carbocycles. The summed E-state index contributed by atoms with van der Waals surface area (Å²) in [6.07, 6.45) is -0.980. The molecule has 0 aliphatic heterocycles. The number of rotatable bonds is 3. The molecule has 0 amide bonds. The summed E-state index contributed by atoms with van der Waals surface area (Å²) in [5.41, 5.74) is 0.164. The van der Waals surface area contributed by atoms with Crippen molar-refractivity contribution in [3.05, 3.63) is 23.9 Å². The predicted octanol–water partition coefficient (Wildman–Crippen LogP) is 3.89. The van der Waals surface area contributed by atoms with Crippen LogP contribution in [0.25, 0.3) is 10.9 Å². The van der Waals surface area contributed by atoms with E-state index >= 15 is 0 Å². The Morgan fingerprint density at radius 1 is 1.33 bits per heavy atom. The fraction of sp³-hybridized carbons (Fsp3) is 0.571. The molecule has 1 fully saturated rings. The average Bonchev–Trinajstić information content (AvgIpc) is 3.05. The van der Waals surface area contributed by atoms with Gasteiger partial charge in [-0.15, -0.1) is 0 Å². The molecule has 2 atom stereocenters. The maximum atomic E-state index is 14.6. The van der Waals surface area contributed by atoms with Gasteiger partial charge in [0.15, 0.2) is 5.82 Å². The molecule has 0 spiro atoms. The molecule has 0 radical (unpaired) electrons. The zero-order valence-electron chi connectivity index (χ0n) is 11.7. The van der Waals surface area contributed by atoms with E-state index in [1.807, 2.05) is 0 Å². The van der Waals surface area contributed by atoms with Gasteiger partial charge in [0.2, 0.25) is 0 Å². The summed E-state index contributed by atoms with van der Waals surface area (Å²) in [4.78, 5) is 4.10. The van der Waals surface area contributed by atoms with Crippen LogP contribution in [-0.4, -0.2) is 20.9 Å². The fourth-order valence-corrected chi connectivity index (χ4v) is 2.87. The molecule has 0 aromatic carbocycles. The zero-order valence-corrected chi connectivity index (χ0v) is 11.7. The molecule has 0 unspecified atom stereocenters. The van der Waals surface area contributed by atoms with Crippen LogP contribution >= 0.6 is 0 Å². The lowest BCUT2D eigenvalue weighted by atomic mass is 10.1. The first-order chi connectivity index (χ1) is 9.78. The quantitative estimate of drug-likeness (QED) is 0.805. The van der Waals surface area contributed by atoms with Crippen molar-refractivity contribution in [3.8, 4) is 0 Å². The zero-order chi connectivity index (χ0) is 15.4. The second kappa shape index (κ2) is 4.68. The molecule has 21 heavy (non-hydrogen) atoms. The van der Waals surface area contributed by atoms with Crippen LogP contribution in [0.3, 0.4) is 0 Å². The Hall–Kier alpha value is -1.66. The molecule has 2 aromatic rings. The molecule has 3 nitrogen and oxygen atoms in total. The highest BCUT2D eigenvalue weighted by atomic mass is 19.4. The minimum absolute atomic E-state index is 0.00337. The van der Waals surface area contributed by atoms with Gasteiger partial charge in [0, 0.05) is 17.5 Å². The third-order valence-corrected chi connectivity index (χ3v) is 4.02. The lowest BCUT2D eigenvalue weighted by molar-refractivity contribution is -0.141. The summed E-state index contributed by atoms with van der Waals surface area (Å²) < 4.78 is 52.8. The highest BCUT2D eigenvalue weighted by Crippen LogP contribution is 2.52. The molecule has 0 saturated heterocycles. The highest BCUT2D eigenvalue weighted by Gasteiger charge is 2.43. The Morgan fingerprint density at radius 2 is 2.05 bits per heavy atom. The number of hydrogen-bond acceptors (Lipinski definition) is 2. The van der Waals surface area contributed by atoms with Crippen molar-refractivity contribution < 1.29 is 17.6 Å². The van der Waals surface area contributed by atoms with Crippen molar-refractivity contribution in [2.45, 2.75) is 38.9 Å².